The quantitative estimate of drug-likeness (QED) is 0.846. The van der Waals surface area contributed by atoms with Crippen LogP contribution in [0, 0.1) is 11.3 Å². The summed E-state index contributed by atoms with van der Waals surface area (Å²) >= 11 is 0. The summed E-state index contributed by atoms with van der Waals surface area (Å²) in [6, 6.07) is 3.76. The predicted octanol–water partition coefficient (Wildman–Crippen LogP) is 1.15. The predicted molar refractivity (Wildman–Crippen MR) is 65.6 cm³/mol. The fourth-order valence-corrected chi connectivity index (χ4v) is 2.04. The van der Waals surface area contributed by atoms with Crippen molar-refractivity contribution in [2.45, 2.75) is 18.9 Å². The first-order valence-electron chi connectivity index (χ1n) is 5.69. The van der Waals surface area contributed by atoms with E-state index in [9.17, 15) is 0 Å². The van der Waals surface area contributed by atoms with E-state index < -0.39 is 0 Å². The van der Waals surface area contributed by atoms with Gasteiger partial charge in [0.2, 0.25) is 0 Å². The molecule has 2 rings (SSSR count). The third-order valence-corrected chi connectivity index (χ3v) is 2.87. The first-order chi connectivity index (χ1) is 8.20. The monoisotopic (exact) mass is 232 g/mol. The lowest BCUT2D eigenvalue weighted by Gasteiger charge is -2.22. The summed E-state index contributed by atoms with van der Waals surface area (Å²) in [4.78, 5) is 6.17. The van der Waals surface area contributed by atoms with Crippen molar-refractivity contribution in [1.82, 2.24) is 4.98 Å². The van der Waals surface area contributed by atoms with E-state index in [0.29, 0.717) is 17.1 Å². The molecule has 1 aromatic heterocycles. The summed E-state index contributed by atoms with van der Waals surface area (Å²) in [5.41, 5.74) is 6.63. The lowest BCUT2D eigenvalue weighted by Crippen LogP contribution is -2.29. The number of rotatable bonds is 3. The second kappa shape index (κ2) is 5.02. The van der Waals surface area contributed by atoms with Gasteiger partial charge in [-0.05, 0) is 18.9 Å². The van der Waals surface area contributed by atoms with Gasteiger partial charge < -0.3 is 15.4 Å². The summed E-state index contributed by atoms with van der Waals surface area (Å²) in [7, 11) is 1.92. The average molecular weight is 232 g/mol. The number of anilines is 2. The molecule has 2 heterocycles. The highest BCUT2D eigenvalue weighted by molar-refractivity contribution is 5.58. The molecule has 1 aliphatic heterocycles. The standard InChI is InChI=1S/C12H16N4O/c1-16(8-11-3-2-4-17-11)12-9(6-13)5-10(14)7-15-12/h5,7,11H,2-4,8,14H2,1H3. The number of ether oxygens (including phenoxy) is 1. The molecule has 0 saturated carbocycles. The molecule has 2 N–H and O–H groups in total. The van der Waals surface area contributed by atoms with E-state index in [-0.39, 0.29) is 6.10 Å². The molecule has 1 unspecified atom stereocenters. The Hall–Kier alpha value is -1.80. The van der Waals surface area contributed by atoms with Gasteiger partial charge in [-0.3, -0.25) is 0 Å². The maximum atomic E-state index is 9.05. The van der Waals surface area contributed by atoms with E-state index in [0.717, 1.165) is 26.0 Å². The van der Waals surface area contributed by atoms with Crippen LogP contribution in [0.5, 0.6) is 0 Å². The molecule has 1 atom stereocenters. The number of nitrogen functional groups attached to an aromatic ring is 1. The summed E-state index contributed by atoms with van der Waals surface area (Å²) in [5, 5.41) is 9.05. The van der Waals surface area contributed by atoms with Crippen molar-refractivity contribution in [2.75, 3.05) is 30.8 Å². The molecule has 0 aliphatic carbocycles. The molecule has 0 spiro atoms. The lowest BCUT2D eigenvalue weighted by molar-refractivity contribution is 0.116. The smallest absolute Gasteiger partial charge is 0.146 e. The molecule has 1 fully saturated rings. The van der Waals surface area contributed by atoms with Crippen LogP contribution in [0.4, 0.5) is 11.5 Å². The highest BCUT2D eigenvalue weighted by Gasteiger charge is 2.19. The van der Waals surface area contributed by atoms with Crippen LogP contribution in [0.15, 0.2) is 12.3 Å². The second-order valence-electron chi connectivity index (χ2n) is 4.27. The first-order valence-corrected chi connectivity index (χ1v) is 5.69. The van der Waals surface area contributed by atoms with Crippen molar-refractivity contribution in [3.63, 3.8) is 0 Å². The van der Waals surface area contributed by atoms with Gasteiger partial charge >= 0.3 is 0 Å². The van der Waals surface area contributed by atoms with Crippen LogP contribution in [0.1, 0.15) is 18.4 Å². The van der Waals surface area contributed by atoms with Crippen LogP contribution in [0.25, 0.3) is 0 Å². The van der Waals surface area contributed by atoms with E-state index in [1.807, 2.05) is 11.9 Å². The summed E-state index contributed by atoms with van der Waals surface area (Å²) < 4.78 is 5.57. The molecular formula is C12H16N4O. The van der Waals surface area contributed by atoms with E-state index in [1.54, 1.807) is 12.3 Å². The topological polar surface area (TPSA) is 75.2 Å². The van der Waals surface area contributed by atoms with E-state index in [2.05, 4.69) is 11.1 Å². The molecule has 1 aliphatic rings. The van der Waals surface area contributed by atoms with Gasteiger partial charge in [0.25, 0.3) is 0 Å². The summed E-state index contributed by atoms with van der Waals surface area (Å²) in [5.74, 6) is 0.664. The minimum Gasteiger partial charge on any atom is -0.397 e. The molecule has 0 bridgehead atoms. The summed E-state index contributed by atoms with van der Waals surface area (Å²) in [6.07, 6.45) is 3.99. The van der Waals surface area contributed by atoms with Crippen LogP contribution >= 0.6 is 0 Å². The molecule has 90 valence electrons. The largest absolute Gasteiger partial charge is 0.397 e. The normalized spacial score (nSPS) is 18.9. The minimum absolute atomic E-state index is 0.242. The van der Waals surface area contributed by atoms with Crippen molar-refractivity contribution in [2.24, 2.45) is 0 Å². The summed E-state index contributed by atoms with van der Waals surface area (Å²) in [6.45, 7) is 1.59. The third-order valence-electron chi connectivity index (χ3n) is 2.87. The molecule has 5 nitrogen and oxygen atoms in total. The van der Waals surface area contributed by atoms with Crippen LogP contribution in [-0.2, 0) is 4.74 Å². The van der Waals surface area contributed by atoms with Crippen LogP contribution in [-0.4, -0.2) is 31.3 Å². The molecule has 1 aromatic rings. The number of nitrogens with two attached hydrogens (primary N) is 1. The molecular weight excluding hydrogens is 216 g/mol. The van der Waals surface area contributed by atoms with Crippen molar-refractivity contribution in [3.05, 3.63) is 17.8 Å². The fourth-order valence-electron chi connectivity index (χ4n) is 2.04. The molecule has 0 aromatic carbocycles. The third kappa shape index (κ3) is 2.66. The Morgan fingerprint density at radius 2 is 2.53 bits per heavy atom. The molecule has 0 radical (unpaired) electrons. The zero-order valence-corrected chi connectivity index (χ0v) is 9.89. The van der Waals surface area contributed by atoms with Crippen molar-refractivity contribution in [1.29, 1.82) is 5.26 Å². The van der Waals surface area contributed by atoms with Gasteiger partial charge in [-0.25, -0.2) is 4.98 Å². The van der Waals surface area contributed by atoms with Gasteiger partial charge in [0, 0.05) is 20.2 Å². The Kier molecular flexibility index (Phi) is 3.45. The fraction of sp³-hybridized carbons (Fsp3) is 0.500. The lowest BCUT2D eigenvalue weighted by atomic mass is 10.2. The molecule has 0 amide bonds. The van der Waals surface area contributed by atoms with Crippen molar-refractivity contribution < 1.29 is 4.74 Å². The Bertz CT molecular complexity index is 435. The number of hydrogen-bond donors (Lipinski definition) is 1. The van der Waals surface area contributed by atoms with Gasteiger partial charge in [0.05, 0.1) is 23.6 Å². The SMILES string of the molecule is CN(CC1CCCO1)c1ncc(N)cc1C#N. The number of aromatic nitrogens is 1. The molecule has 1 saturated heterocycles. The molecule has 5 heteroatoms. The maximum Gasteiger partial charge on any atom is 0.146 e. The van der Waals surface area contributed by atoms with E-state index in [1.165, 1.54) is 0 Å². The first kappa shape index (κ1) is 11.7. The van der Waals surface area contributed by atoms with Gasteiger partial charge in [-0.15, -0.1) is 0 Å². The zero-order chi connectivity index (χ0) is 12.3. The Balaban J connectivity index is 2.12. The van der Waals surface area contributed by atoms with Crippen LogP contribution in [0.2, 0.25) is 0 Å². The Labute approximate surface area is 101 Å². The number of nitrogens with zero attached hydrogens (tertiary/aromatic N) is 3. The Morgan fingerprint density at radius 1 is 1.71 bits per heavy atom. The van der Waals surface area contributed by atoms with E-state index >= 15 is 0 Å². The maximum absolute atomic E-state index is 9.05. The minimum atomic E-state index is 0.242. The van der Waals surface area contributed by atoms with Gasteiger partial charge in [0.1, 0.15) is 11.9 Å². The number of pyridine rings is 1. The van der Waals surface area contributed by atoms with Crippen LogP contribution < -0.4 is 10.6 Å². The number of hydrogen-bond acceptors (Lipinski definition) is 5. The van der Waals surface area contributed by atoms with Gasteiger partial charge in [0.15, 0.2) is 0 Å². The van der Waals surface area contributed by atoms with Crippen molar-refractivity contribution >= 4 is 11.5 Å². The van der Waals surface area contributed by atoms with Crippen LogP contribution in [0.3, 0.4) is 0 Å². The highest BCUT2D eigenvalue weighted by atomic mass is 16.5. The number of likely N-dealkylation sites (N-methyl/N-ethyl adjacent to an activating group) is 1. The van der Waals surface area contributed by atoms with Gasteiger partial charge in [-0.2, -0.15) is 5.26 Å². The second-order valence-corrected chi connectivity index (χ2v) is 4.27. The van der Waals surface area contributed by atoms with Gasteiger partial charge in [-0.1, -0.05) is 0 Å². The van der Waals surface area contributed by atoms with Crippen molar-refractivity contribution in [3.8, 4) is 6.07 Å². The average Bonchev–Trinajstić information content (AvgIpc) is 2.81. The number of nitriles is 1. The zero-order valence-electron chi connectivity index (χ0n) is 9.89. The Morgan fingerprint density at radius 3 is 3.18 bits per heavy atom. The molecule has 17 heavy (non-hydrogen) atoms. The highest BCUT2D eigenvalue weighted by Crippen LogP contribution is 2.20. The van der Waals surface area contributed by atoms with E-state index in [4.69, 9.17) is 15.7 Å².